The molecule has 1 N–H and O–H groups in total. The Morgan fingerprint density at radius 1 is 1.18 bits per heavy atom. The van der Waals surface area contributed by atoms with Gasteiger partial charge in [-0.15, -0.1) is 0 Å². The van der Waals surface area contributed by atoms with Crippen molar-refractivity contribution < 1.29 is 14.5 Å². The van der Waals surface area contributed by atoms with Crippen molar-refractivity contribution >= 4 is 17.3 Å². The number of hydrogen-bond donors (Lipinski definition) is 1. The summed E-state index contributed by atoms with van der Waals surface area (Å²) in [6.45, 7) is 3.44. The fourth-order valence-electron chi connectivity index (χ4n) is 2.25. The highest BCUT2D eigenvalue weighted by Gasteiger charge is 2.18. The van der Waals surface area contributed by atoms with Gasteiger partial charge in [0, 0.05) is 6.07 Å². The number of nitrogens with one attached hydrogen (secondary N) is 1. The molecule has 2 rings (SSSR count). The minimum Gasteiger partial charge on any atom is -0.496 e. The molecule has 0 unspecified atom stereocenters. The highest BCUT2D eigenvalue weighted by molar-refractivity contribution is 6.07. The van der Waals surface area contributed by atoms with Gasteiger partial charge in [0.2, 0.25) is 0 Å². The molecule has 2 aromatic rings. The van der Waals surface area contributed by atoms with Gasteiger partial charge in [-0.2, -0.15) is 0 Å². The van der Waals surface area contributed by atoms with E-state index in [0.29, 0.717) is 22.6 Å². The van der Waals surface area contributed by atoms with E-state index in [-0.39, 0.29) is 11.6 Å². The summed E-state index contributed by atoms with van der Waals surface area (Å²) in [4.78, 5) is 22.9. The smallest absolute Gasteiger partial charge is 0.274 e. The number of carbonyl (C=O) groups is 1. The quantitative estimate of drug-likeness (QED) is 0.692. The lowest BCUT2D eigenvalue weighted by molar-refractivity contribution is -0.385. The first-order valence-corrected chi connectivity index (χ1v) is 6.64. The van der Waals surface area contributed by atoms with Crippen molar-refractivity contribution in [3.63, 3.8) is 0 Å². The van der Waals surface area contributed by atoms with Gasteiger partial charge in [0.25, 0.3) is 11.6 Å². The fraction of sp³-hybridized carbons (Fsp3) is 0.188. The average Bonchev–Trinajstić information content (AvgIpc) is 2.48. The van der Waals surface area contributed by atoms with Crippen LogP contribution in [0.15, 0.2) is 36.4 Å². The molecule has 0 aliphatic carbocycles. The van der Waals surface area contributed by atoms with Crippen LogP contribution in [-0.2, 0) is 0 Å². The zero-order chi connectivity index (χ0) is 16.3. The van der Waals surface area contributed by atoms with Gasteiger partial charge in [-0.05, 0) is 31.5 Å². The molecule has 0 spiro atoms. The number of carbonyl (C=O) groups excluding carboxylic acids is 1. The molecule has 0 heterocycles. The molecule has 0 aliphatic rings. The SMILES string of the molecule is COc1c(C)cccc1C(=O)Nc1cccc([N+](=O)[O-])c1C. The molecule has 22 heavy (non-hydrogen) atoms. The van der Waals surface area contributed by atoms with Crippen LogP contribution < -0.4 is 10.1 Å². The van der Waals surface area contributed by atoms with E-state index in [9.17, 15) is 14.9 Å². The van der Waals surface area contributed by atoms with E-state index in [1.54, 1.807) is 25.1 Å². The van der Waals surface area contributed by atoms with Crippen LogP contribution in [0.4, 0.5) is 11.4 Å². The highest BCUT2D eigenvalue weighted by Crippen LogP contribution is 2.27. The fourth-order valence-corrected chi connectivity index (χ4v) is 2.25. The van der Waals surface area contributed by atoms with Crippen molar-refractivity contribution in [2.75, 3.05) is 12.4 Å². The van der Waals surface area contributed by atoms with Crippen LogP contribution in [0.5, 0.6) is 5.75 Å². The van der Waals surface area contributed by atoms with Crippen LogP contribution >= 0.6 is 0 Å². The first kappa shape index (κ1) is 15.5. The Morgan fingerprint density at radius 2 is 1.86 bits per heavy atom. The van der Waals surface area contributed by atoms with Crippen molar-refractivity contribution in [2.24, 2.45) is 0 Å². The lowest BCUT2D eigenvalue weighted by Gasteiger charge is -2.12. The molecular weight excluding hydrogens is 284 g/mol. The maximum absolute atomic E-state index is 12.4. The summed E-state index contributed by atoms with van der Waals surface area (Å²) >= 11 is 0. The zero-order valence-electron chi connectivity index (χ0n) is 12.5. The number of benzene rings is 2. The number of nitrogens with zero attached hydrogens (tertiary/aromatic N) is 1. The van der Waals surface area contributed by atoms with Crippen LogP contribution in [0.1, 0.15) is 21.5 Å². The number of aryl methyl sites for hydroxylation is 1. The minimum atomic E-state index is -0.474. The van der Waals surface area contributed by atoms with E-state index >= 15 is 0 Å². The molecule has 0 radical (unpaired) electrons. The molecule has 6 heteroatoms. The molecule has 0 fully saturated rings. The van der Waals surface area contributed by atoms with Crippen LogP contribution in [0.3, 0.4) is 0 Å². The summed E-state index contributed by atoms with van der Waals surface area (Å²) in [6, 6.07) is 9.81. The molecule has 0 bridgehead atoms. The number of rotatable bonds is 4. The molecule has 0 aliphatic heterocycles. The second-order valence-corrected chi connectivity index (χ2v) is 4.82. The molecule has 0 aromatic heterocycles. The number of nitro benzene ring substituents is 1. The van der Waals surface area contributed by atoms with Crippen molar-refractivity contribution in [2.45, 2.75) is 13.8 Å². The molecule has 114 valence electrons. The molecule has 0 saturated heterocycles. The molecule has 0 atom stereocenters. The number of para-hydroxylation sites is 1. The number of nitro groups is 1. The van der Waals surface area contributed by atoms with Crippen molar-refractivity contribution in [1.29, 1.82) is 0 Å². The largest absolute Gasteiger partial charge is 0.496 e. The molecular formula is C16H16N2O4. The van der Waals surface area contributed by atoms with Crippen LogP contribution in [-0.4, -0.2) is 17.9 Å². The van der Waals surface area contributed by atoms with Gasteiger partial charge in [0.1, 0.15) is 5.75 Å². The van der Waals surface area contributed by atoms with E-state index in [1.807, 2.05) is 13.0 Å². The van der Waals surface area contributed by atoms with Gasteiger partial charge in [0.05, 0.1) is 28.8 Å². The third kappa shape index (κ3) is 2.90. The topological polar surface area (TPSA) is 81.5 Å². The molecule has 1 amide bonds. The number of hydrogen-bond acceptors (Lipinski definition) is 4. The number of anilines is 1. The first-order valence-electron chi connectivity index (χ1n) is 6.64. The summed E-state index contributed by atoms with van der Waals surface area (Å²) in [6.07, 6.45) is 0. The maximum Gasteiger partial charge on any atom is 0.274 e. The Labute approximate surface area is 127 Å². The lowest BCUT2D eigenvalue weighted by Crippen LogP contribution is -2.14. The minimum absolute atomic E-state index is 0.0333. The van der Waals surface area contributed by atoms with Gasteiger partial charge in [-0.25, -0.2) is 0 Å². The highest BCUT2D eigenvalue weighted by atomic mass is 16.6. The summed E-state index contributed by atoms with van der Waals surface area (Å²) in [5, 5.41) is 13.6. The molecule has 6 nitrogen and oxygen atoms in total. The second-order valence-electron chi connectivity index (χ2n) is 4.82. The summed E-state index contributed by atoms with van der Waals surface area (Å²) in [5.74, 6) is 0.118. The van der Waals surface area contributed by atoms with Crippen LogP contribution in [0.2, 0.25) is 0 Å². The normalized spacial score (nSPS) is 10.1. The van der Waals surface area contributed by atoms with Gasteiger partial charge in [-0.1, -0.05) is 18.2 Å². The van der Waals surface area contributed by atoms with Crippen LogP contribution in [0.25, 0.3) is 0 Å². The Balaban J connectivity index is 2.36. The maximum atomic E-state index is 12.4. The van der Waals surface area contributed by atoms with E-state index < -0.39 is 4.92 Å². The van der Waals surface area contributed by atoms with Gasteiger partial charge in [0.15, 0.2) is 0 Å². The third-order valence-corrected chi connectivity index (χ3v) is 3.41. The van der Waals surface area contributed by atoms with Crippen molar-refractivity contribution in [3.05, 3.63) is 63.2 Å². The van der Waals surface area contributed by atoms with Crippen molar-refractivity contribution in [1.82, 2.24) is 0 Å². The Hall–Kier alpha value is -2.89. The molecule has 2 aromatic carbocycles. The zero-order valence-corrected chi connectivity index (χ0v) is 12.5. The lowest BCUT2D eigenvalue weighted by atomic mass is 10.1. The van der Waals surface area contributed by atoms with Gasteiger partial charge < -0.3 is 10.1 Å². The second kappa shape index (κ2) is 6.26. The molecule has 0 saturated carbocycles. The Bertz CT molecular complexity index is 741. The third-order valence-electron chi connectivity index (χ3n) is 3.41. The summed E-state index contributed by atoms with van der Waals surface area (Å²) in [5.41, 5.74) is 2.00. The van der Waals surface area contributed by atoms with E-state index in [0.717, 1.165) is 5.56 Å². The Morgan fingerprint density at radius 3 is 2.50 bits per heavy atom. The number of methoxy groups -OCH3 is 1. The number of ether oxygens (including phenoxy) is 1. The predicted molar refractivity (Wildman–Crippen MR) is 83.5 cm³/mol. The van der Waals surface area contributed by atoms with E-state index in [1.165, 1.54) is 19.2 Å². The van der Waals surface area contributed by atoms with Crippen molar-refractivity contribution in [3.8, 4) is 5.75 Å². The number of amides is 1. The first-order chi connectivity index (χ1) is 10.5. The van der Waals surface area contributed by atoms with Crippen LogP contribution in [0, 0.1) is 24.0 Å². The van der Waals surface area contributed by atoms with E-state index in [2.05, 4.69) is 5.32 Å². The summed E-state index contributed by atoms with van der Waals surface area (Å²) < 4.78 is 5.26. The predicted octanol–water partition coefficient (Wildman–Crippen LogP) is 3.47. The standard InChI is InChI=1S/C16H16N2O4/c1-10-6-4-7-12(15(10)22-3)16(19)17-13-8-5-9-14(11(13)2)18(20)21/h4-9H,1-3H3,(H,17,19). The summed E-state index contributed by atoms with van der Waals surface area (Å²) in [7, 11) is 1.50. The average molecular weight is 300 g/mol. The Kier molecular flexibility index (Phi) is 4.41. The van der Waals surface area contributed by atoms with E-state index in [4.69, 9.17) is 4.74 Å². The van der Waals surface area contributed by atoms with Gasteiger partial charge in [-0.3, -0.25) is 14.9 Å². The monoisotopic (exact) mass is 300 g/mol. The van der Waals surface area contributed by atoms with Gasteiger partial charge >= 0.3 is 0 Å².